The van der Waals surface area contributed by atoms with Gasteiger partial charge in [-0.3, -0.25) is 9.69 Å². The lowest BCUT2D eigenvalue weighted by Crippen LogP contribution is -2.51. The third-order valence-electron chi connectivity index (χ3n) is 5.44. The van der Waals surface area contributed by atoms with Crippen molar-refractivity contribution in [2.45, 2.75) is 19.8 Å². The van der Waals surface area contributed by atoms with Crippen molar-refractivity contribution in [2.24, 2.45) is 5.92 Å². The summed E-state index contributed by atoms with van der Waals surface area (Å²) in [7, 11) is 0. The van der Waals surface area contributed by atoms with Gasteiger partial charge in [-0.05, 0) is 43.7 Å². The summed E-state index contributed by atoms with van der Waals surface area (Å²) < 4.78 is 18.7. The van der Waals surface area contributed by atoms with E-state index in [-0.39, 0.29) is 11.7 Å². The number of piperazine rings is 1. The molecule has 0 bridgehead atoms. The van der Waals surface area contributed by atoms with Gasteiger partial charge in [0.15, 0.2) is 0 Å². The quantitative estimate of drug-likeness (QED) is 0.775. The highest BCUT2D eigenvalue weighted by Crippen LogP contribution is 2.19. The van der Waals surface area contributed by atoms with Crippen LogP contribution in [0, 0.1) is 11.7 Å². The molecule has 144 valence electrons. The van der Waals surface area contributed by atoms with Gasteiger partial charge in [0.2, 0.25) is 5.91 Å². The van der Waals surface area contributed by atoms with Gasteiger partial charge in [-0.25, -0.2) is 4.39 Å². The number of amides is 1. The number of nitrogens with zero attached hydrogens (tertiary/aromatic N) is 3. The van der Waals surface area contributed by atoms with Gasteiger partial charge in [0.1, 0.15) is 11.6 Å². The van der Waals surface area contributed by atoms with E-state index in [4.69, 9.17) is 4.74 Å². The Morgan fingerprint density at radius 3 is 2.50 bits per heavy atom. The van der Waals surface area contributed by atoms with E-state index < -0.39 is 0 Å². The summed E-state index contributed by atoms with van der Waals surface area (Å²) >= 11 is 0. The van der Waals surface area contributed by atoms with Crippen molar-refractivity contribution in [2.75, 3.05) is 59.0 Å². The van der Waals surface area contributed by atoms with E-state index in [9.17, 15) is 9.18 Å². The second kappa shape index (κ2) is 9.33. The number of benzene rings is 1. The van der Waals surface area contributed by atoms with Crippen molar-refractivity contribution in [1.29, 1.82) is 0 Å². The summed E-state index contributed by atoms with van der Waals surface area (Å²) in [4.78, 5) is 19.3. The number of ether oxygens (including phenoxy) is 1. The van der Waals surface area contributed by atoms with Crippen molar-refractivity contribution in [3.8, 4) is 5.75 Å². The summed E-state index contributed by atoms with van der Waals surface area (Å²) in [5.74, 6) is 1.01. The van der Waals surface area contributed by atoms with E-state index in [0.29, 0.717) is 24.8 Å². The van der Waals surface area contributed by atoms with Crippen LogP contribution in [0.1, 0.15) is 19.8 Å². The molecule has 2 heterocycles. The molecule has 0 N–H and O–H groups in total. The Kier molecular flexibility index (Phi) is 6.86. The van der Waals surface area contributed by atoms with Crippen molar-refractivity contribution in [3.63, 3.8) is 0 Å². The molecule has 3 rings (SSSR count). The summed E-state index contributed by atoms with van der Waals surface area (Å²) in [6, 6.07) is 6.11. The molecule has 26 heavy (non-hydrogen) atoms. The van der Waals surface area contributed by atoms with E-state index in [1.807, 2.05) is 4.90 Å². The van der Waals surface area contributed by atoms with Crippen LogP contribution in [0.4, 0.5) is 4.39 Å². The van der Waals surface area contributed by atoms with Crippen LogP contribution in [0.2, 0.25) is 0 Å². The van der Waals surface area contributed by atoms with E-state index in [1.54, 1.807) is 12.1 Å². The van der Waals surface area contributed by atoms with Crippen molar-refractivity contribution in [3.05, 3.63) is 30.1 Å². The monoisotopic (exact) mass is 363 g/mol. The first-order valence-electron chi connectivity index (χ1n) is 9.75. The number of likely N-dealkylation sites (tertiary alicyclic amines) is 1. The molecule has 2 fully saturated rings. The van der Waals surface area contributed by atoms with Crippen LogP contribution in [-0.4, -0.2) is 79.6 Å². The maximum Gasteiger partial charge on any atom is 0.236 e. The van der Waals surface area contributed by atoms with Gasteiger partial charge in [0.05, 0.1) is 13.2 Å². The van der Waals surface area contributed by atoms with Crippen molar-refractivity contribution >= 4 is 5.91 Å². The number of hydrogen-bond acceptors (Lipinski definition) is 4. The molecule has 0 aliphatic carbocycles. The van der Waals surface area contributed by atoms with Gasteiger partial charge in [0, 0.05) is 45.2 Å². The minimum Gasteiger partial charge on any atom is -0.493 e. The van der Waals surface area contributed by atoms with Crippen molar-refractivity contribution < 1.29 is 13.9 Å². The first-order chi connectivity index (χ1) is 12.6. The zero-order valence-corrected chi connectivity index (χ0v) is 15.7. The highest BCUT2D eigenvalue weighted by Gasteiger charge is 2.26. The van der Waals surface area contributed by atoms with E-state index in [2.05, 4.69) is 16.7 Å². The highest BCUT2D eigenvalue weighted by atomic mass is 19.1. The van der Waals surface area contributed by atoms with Crippen LogP contribution in [0.3, 0.4) is 0 Å². The van der Waals surface area contributed by atoms with Crippen LogP contribution in [0.15, 0.2) is 24.3 Å². The van der Waals surface area contributed by atoms with Crippen LogP contribution in [0.5, 0.6) is 5.75 Å². The Morgan fingerprint density at radius 1 is 1.12 bits per heavy atom. The summed E-state index contributed by atoms with van der Waals surface area (Å²) in [5, 5.41) is 0. The Hall–Kier alpha value is -1.66. The first-order valence-corrected chi connectivity index (χ1v) is 9.75. The van der Waals surface area contributed by atoms with Crippen LogP contribution < -0.4 is 4.74 Å². The number of carbonyl (C=O) groups excluding carboxylic acids is 1. The fourth-order valence-electron chi connectivity index (χ4n) is 3.73. The molecule has 0 spiro atoms. The van der Waals surface area contributed by atoms with Crippen molar-refractivity contribution in [1.82, 2.24) is 14.7 Å². The molecule has 1 unspecified atom stereocenters. The fraction of sp³-hybridized carbons (Fsp3) is 0.650. The second-order valence-electron chi connectivity index (χ2n) is 7.32. The van der Waals surface area contributed by atoms with E-state index in [0.717, 1.165) is 58.7 Å². The SMILES string of the molecule is CCN1CCN(CC(=O)N2CCCC(COc3ccc(F)cc3)C2)CC1. The molecular weight excluding hydrogens is 333 g/mol. The third kappa shape index (κ3) is 5.42. The fourth-order valence-corrected chi connectivity index (χ4v) is 3.73. The van der Waals surface area contributed by atoms with Crippen LogP contribution >= 0.6 is 0 Å². The largest absolute Gasteiger partial charge is 0.493 e. The van der Waals surface area contributed by atoms with Gasteiger partial charge in [-0.1, -0.05) is 6.92 Å². The molecule has 0 radical (unpaired) electrons. The first kappa shape index (κ1) is 19.1. The number of carbonyl (C=O) groups is 1. The van der Waals surface area contributed by atoms with Crippen LogP contribution in [0.25, 0.3) is 0 Å². The lowest BCUT2D eigenvalue weighted by molar-refractivity contribution is -0.134. The maximum absolute atomic E-state index is 12.9. The molecular formula is C20H30FN3O2. The summed E-state index contributed by atoms with van der Waals surface area (Å²) in [6.45, 7) is 10.0. The molecule has 5 nitrogen and oxygen atoms in total. The topological polar surface area (TPSA) is 36.0 Å². The average molecular weight is 363 g/mol. The zero-order valence-electron chi connectivity index (χ0n) is 15.7. The van der Waals surface area contributed by atoms with E-state index in [1.165, 1.54) is 12.1 Å². The van der Waals surface area contributed by atoms with Gasteiger partial charge >= 0.3 is 0 Å². The molecule has 2 aliphatic heterocycles. The molecule has 0 saturated carbocycles. The Bertz CT molecular complexity index is 573. The minimum absolute atomic E-state index is 0.237. The normalized spacial score (nSPS) is 22.4. The maximum atomic E-state index is 12.9. The number of hydrogen-bond donors (Lipinski definition) is 0. The smallest absolute Gasteiger partial charge is 0.236 e. The lowest BCUT2D eigenvalue weighted by Gasteiger charge is -2.37. The zero-order chi connectivity index (χ0) is 18.4. The Balaban J connectivity index is 1.42. The third-order valence-corrected chi connectivity index (χ3v) is 5.44. The van der Waals surface area contributed by atoms with E-state index >= 15 is 0 Å². The van der Waals surface area contributed by atoms with Gasteiger partial charge < -0.3 is 14.5 Å². The van der Waals surface area contributed by atoms with Crippen LogP contribution in [-0.2, 0) is 4.79 Å². The molecule has 1 atom stereocenters. The summed E-state index contributed by atoms with van der Waals surface area (Å²) in [5.41, 5.74) is 0. The standard InChI is InChI=1S/C20H30FN3O2/c1-2-22-10-12-23(13-11-22)15-20(25)24-9-3-4-17(14-24)16-26-19-7-5-18(21)6-8-19/h5-8,17H,2-4,9-16H2,1H3. The molecule has 0 aromatic heterocycles. The molecule has 6 heteroatoms. The Morgan fingerprint density at radius 2 is 1.81 bits per heavy atom. The molecule has 1 amide bonds. The molecule has 1 aromatic rings. The number of rotatable bonds is 6. The number of halogens is 1. The molecule has 1 aromatic carbocycles. The van der Waals surface area contributed by atoms with Gasteiger partial charge in [0.25, 0.3) is 0 Å². The molecule has 2 aliphatic rings. The number of piperidine rings is 1. The molecule has 2 saturated heterocycles. The van der Waals surface area contributed by atoms with Gasteiger partial charge in [-0.15, -0.1) is 0 Å². The Labute approximate surface area is 155 Å². The lowest BCUT2D eigenvalue weighted by atomic mass is 9.99. The second-order valence-corrected chi connectivity index (χ2v) is 7.32. The predicted octanol–water partition coefficient (Wildman–Crippen LogP) is 2.08. The summed E-state index contributed by atoms with van der Waals surface area (Å²) in [6.07, 6.45) is 2.09. The average Bonchev–Trinajstić information content (AvgIpc) is 2.68. The highest BCUT2D eigenvalue weighted by molar-refractivity contribution is 5.78. The predicted molar refractivity (Wildman–Crippen MR) is 99.8 cm³/mol. The number of likely N-dealkylation sites (N-methyl/N-ethyl adjacent to an activating group) is 1. The van der Waals surface area contributed by atoms with Gasteiger partial charge in [-0.2, -0.15) is 0 Å². The minimum atomic E-state index is -0.258.